The molecule has 0 aliphatic heterocycles. The molecule has 0 saturated heterocycles. The first-order chi connectivity index (χ1) is 8.50. The molecule has 0 unspecified atom stereocenters. The first-order valence-electron chi connectivity index (χ1n) is 5.35. The van der Waals surface area contributed by atoms with E-state index in [2.05, 4.69) is 9.44 Å². The monoisotopic (exact) mass is 306 g/mol. The number of aromatic carboxylic acids is 1. The minimum atomic E-state index is -3.87. The van der Waals surface area contributed by atoms with Crippen molar-refractivity contribution in [2.24, 2.45) is 0 Å². The molecule has 0 bridgehead atoms. The molecular formula is C11H15ClN2O4S. The summed E-state index contributed by atoms with van der Waals surface area (Å²) in [5.41, 5.74) is -0.942. The molecule has 0 aliphatic rings. The zero-order valence-electron chi connectivity index (χ0n) is 10.7. The second-order valence-electron chi connectivity index (χ2n) is 4.95. The van der Waals surface area contributed by atoms with Gasteiger partial charge in [-0.05, 0) is 39.0 Å². The highest BCUT2D eigenvalue weighted by Gasteiger charge is 2.22. The predicted molar refractivity (Wildman–Crippen MR) is 73.8 cm³/mol. The van der Waals surface area contributed by atoms with Gasteiger partial charge in [0.25, 0.3) is 10.2 Å². The number of halogens is 1. The molecule has 19 heavy (non-hydrogen) atoms. The lowest BCUT2D eigenvalue weighted by Crippen LogP contribution is -2.43. The van der Waals surface area contributed by atoms with Gasteiger partial charge in [-0.3, -0.25) is 4.72 Å². The van der Waals surface area contributed by atoms with Gasteiger partial charge in [0, 0.05) is 10.6 Å². The van der Waals surface area contributed by atoms with Crippen molar-refractivity contribution < 1.29 is 18.3 Å². The van der Waals surface area contributed by atoms with Gasteiger partial charge in [0.15, 0.2) is 0 Å². The van der Waals surface area contributed by atoms with Crippen LogP contribution in [0.4, 0.5) is 5.69 Å². The van der Waals surface area contributed by atoms with Crippen molar-refractivity contribution >= 4 is 33.5 Å². The van der Waals surface area contributed by atoms with E-state index in [9.17, 15) is 13.2 Å². The number of nitrogens with one attached hydrogen (secondary N) is 2. The third-order valence-corrected chi connectivity index (χ3v) is 3.50. The highest BCUT2D eigenvalue weighted by molar-refractivity contribution is 7.90. The van der Waals surface area contributed by atoms with Crippen LogP contribution in [0.25, 0.3) is 0 Å². The summed E-state index contributed by atoms with van der Waals surface area (Å²) in [6.45, 7) is 5.02. The van der Waals surface area contributed by atoms with Gasteiger partial charge in [-0.1, -0.05) is 11.6 Å². The van der Waals surface area contributed by atoms with Crippen molar-refractivity contribution in [1.29, 1.82) is 0 Å². The largest absolute Gasteiger partial charge is 0.478 e. The van der Waals surface area contributed by atoms with Crippen LogP contribution >= 0.6 is 11.6 Å². The minimum Gasteiger partial charge on any atom is -0.478 e. The van der Waals surface area contributed by atoms with Crippen LogP contribution in [0, 0.1) is 0 Å². The van der Waals surface area contributed by atoms with Crippen molar-refractivity contribution in [3.63, 3.8) is 0 Å². The van der Waals surface area contributed by atoms with E-state index in [1.807, 2.05) is 0 Å². The predicted octanol–water partition coefficient (Wildman–Crippen LogP) is 2.08. The van der Waals surface area contributed by atoms with Crippen molar-refractivity contribution in [3.05, 3.63) is 28.8 Å². The van der Waals surface area contributed by atoms with Gasteiger partial charge < -0.3 is 5.11 Å². The van der Waals surface area contributed by atoms with Crippen molar-refractivity contribution in [1.82, 2.24) is 4.72 Å². The number of carboxylic acids is 1. The average Bonchev–Trinajstić information content (AvgIpc) is 2.16. The number of anilines is 1. The third kappa shape index (κ3) is 5.06. The van der Waals surface area contributed by atoms with E-state index in [0.717, 1.165) is 0 Å². The Bertz CT molecular complexity index is 593. The van der Waals surface area contributed by atoms with Gasteiger partial charge in [0.1, 0.15) is 0 Å². The molecule has 0 fully saturated rings. The van der Waals surface area contributed by atoms with Crippen LogP contribution in [0.2, 0.25) is 5.02 Å². The molecular weight excluding hydrogens is 292 g/mol. The third-order valence-electron chi connectivity index (χ3n) is 1.90. The Kier molecular flexibility index (Phi) is 4.44. The Hall–Kier alpha value is -1.31. The molecule has 0 aliphatic carbocycles. The zero-order chi connectivity index (χ0) is 14.8. The van der Waals surface area contributed by atoms with E-state index in [0.29, 0.717) is 0 Å². The number of benzene rings is 1. The zero-order valence-corrected chi connectivity index (χ0v) is 12.3. The molecule has 0 spiro atoms. The van der Waals surface area contributed by atoms with Gasteiger partial charge >= 0.3 is 5.97 Å². The molecule has 0 atom stereocenters. The molecule has 0 radical (unpaired) electrons. The van der Waals surface area contributed by atoms with Crippen LogP contribution in [-0.2, 0) is 10.2 Å². The summed E-state index contributed by atoms with van der Waals surface area (Å²) < 4.78 is 28.2. The highest BCUT2D eigenvalue weighted by atomic mass is 35.5. The van der Waals surface area contributed by atoms with Crippen LogP contribution in [0.15, 0.2) is 18.2 Å². The molecule has 1 aromatic carbocycles. The van der Waals surface area contributed by atoms with Crippen molar-refractivity contribution in [2.45, 2.75) is 26.3 Å². The topological polar surface area (TPSA) is 95.5 Å². The Labute approximate surface area is 117 Å². The molecule has 0 aromatic heterocycles. The van der Waals surface area contributed by atoms with Crippen LogP contribution < -0.4 is 9.44 Å². The molecule has 6 nitrogen and oxygen atoms in total. The molecule has 3 N–H and O–H groups in total. The Morgan fingerprint density at radius 3 is 2.37 bits per heavy atom. The van der Waals surface area contributed by atoms with E-state index < -0.39 is 21.7 Å². The summed E-state index contributed by atoms with van der Waals surface area (Å²) in [4.78, 5) is 11.0. The molecule has 0 saturated carbocycles. The lowest BCUT2D eigenvalue weighted by atomic mass is 10.1. The number of carbonyl (C=O) groups is 1. The number of hydrogen-bond donors (Lipinski definition) is 3. The second kappa shape index (κ2) is 5.36. The van der Waals surface area contributed by atoms with E-state index in [4.69, 9.17) is 16.7 Å². The van der Waals surface area contributed by atoms with Crippen molar-refractivity contribution in [3.8, 4) is 0 Å². The molecule has 8 heteroatoms. The maximum Gasteiger partial charge on any atom is 0.337 e. The Morgan fingerprint density at radius 1 is 1.32 bits per heavy atom. The summed E-state index contributed by atoms with van der Waals surface area (Å²) in [5.74, 6) is -1.27. The smallest absolute Gasteiger partial charge is 0.337 e. The van der Waals surface area contributed by atoms with Crippen LogP contribution in [0.3, 0.4) is 0 Å². The maximum absolute atomic E-state index is 11.8. The lowest BCUT2D eigenvalue weighted by Gasteiger charge is -2.21. The van der Waals surface area contributed by atoms with E-state index >= 15 is 0 Å². The maximum atomic E-state index is 11.8. The van der Waals surface area contributed by atoms with Gasteiger partial charge in [0.05, 0.1) is 11.3 Å². The van der Waals surface area contributed by atoms with Crippen LogP contribution in [0.1, 0.15) is 31.1 Å². The fraction of sp³-hybridized carbons (Fsp3) is 0.364. The second-order valence-corrected chi connectivity index (χ2v) is 6.80. The molecule has 0 amide bonds. The van der Waals surface area contributed by atoms with E-state index in [-0.39, 0.29) is 16.3 Å². The Balaban J connectivity index is 3.10. The van der Waals surface area contributed by atoms with E-state index in [1.165, 1.54) is 18.2 Å². The number of rotatable bonds is 4. The fourth-order valence-electron chi connectivity index (χ4n) is 1.36. The first kappa shape index (κ1) is 15.7. The average molecular weight is 307 g/mol. The SMILES string of the molecule is CC(C)(C)NS(=O)(=O)Nc1ccc(Cl)cc1C(=O)O. The summed E-state index contributed by atoms with van der Waals surface area (Å²) in [6.07, 6.45) is 0. The fourth-order valence-corrected chi connectivity index (χ4v) is 2.85. The standard InChI is InChI=1S/C11H15ClN2O4S/c1-11(2,3)14-19(17,18)13-9-5-4-7(12)6-8(9)10(15)16/h4-6,13-14H,1-3H3,(H,15,16). The molecule has 106 valence electrons. The lowest BCUT2D eigenvalue weighted by molar-refractivity contribution is 0.0698. The van der Waals surface area contributed by atoms with Gasteiger partial charge in [-0.25, -0.2) is 4.79 Å². The van der Waals surface area contributed by atoms with Gasteiger partial charge in [-0.15, -0.1) is 0 Å². The highest BCUT2D eigenvalue weighted by Crippen LogP contribution is 2.21. The number of carboxylic acid groups (broad SMARTS) is 1. The summed E-state index contributed by atoms with van der Waals surface area (Å²) in [5, 5.41) is 9.22. The molecule has 1 rings (SSSR count). The Morgan fingerprint density at radius 2 is 1.89 bits per heavy atom. The summed E-state index contributed by atoms with van der Waals surface area (Å²) >= 11 is 5.68. The number of hydrogen-bond acceptors (Lipinski definition) is 3. The summed E-state index contributed by atoms with van der Waals surface area (Å²) in [6, 6.07) is 3.88. The molecule has 0 heterocycles. The van der Waals surface area contributed by atoms with E-state index in [1.54, 1.807) is 20.8 Å². The van der Waals surface area contributed by atoms with Crippen LogP contribution in [-0.4, -0.2) is 25.0 Å². The van der Waals surface area contributed by atoms with Crippen molar-refractivity contribution in [2.75, 3.05) is 4.72 Å². The van der Waals surface area contributed by atoms with Gasteiger partial charge in [-0.2, -0.15) is 13.1 Å². The quantitative estimate of drug-likeness (QED) is 0.793. The first-order valence-corrected chi connectivity index (χ1v) is 7.21. The molecule has 1 aromatic rings. The normalized spacial score (nSPS) is 12.2. The summed E-state index contributed by atoms with van der Waals surface area (Å²) in [7, 11) is -3.87. The van der Waals surface area contributed by atoms with Crippen LogP contribution in [0.5, 0.6) is 0 Å². The van der Waals surface area contributed by atoms with Gasteiger partial charge in [0.2, 0.25) is 0 Å². The minimum absolute atomic E-state index is 0.0475.